The van der Waals surface area contributed by atoms with E-state index < -0.39 is 0 Å². The third-order valence-electron chi connectivity index (χ3n) is 5.96. The van der Waals surface area contributed by atoms with Gasteiger partial charge in [0.1, 0.15) is 5.75 Å². The number of morpholine rings is 1. The average molecular weight is 431 g/mol. The van der Waals surface area contributed by atoms with Crippen LogP contribution in [0.3, 0.4) is 0 Å². The van der Waals surface area contributed by atoms with Crippen LogP contribution in [0.2, 0.25) is 0 Å². The second-order valence-corrected chi connectivity index (χ2v) is 7.97. The van der Waals surface area contributed by atoms with Crippen molar-refractivity contribution in [2.24, 2.45) is 0 Å². The molecule has 164 valence electrons. The highest BCUT2D eigenvalue weighted by Crippen LogP contribution is 2.30. The zero-order valence-corrected chi connectivity index (χ0v) is 18.1. The number of ether oxygens (including phenoxy) is 2. The van der Waals surface area contributed by atoms with Crippen molar-refractivity contribution in [3.63, 3.8) is 0 Å². The van der Waals surface area contributed by atoms with Crippen LogP contribution in [0.4, 0.5) is 0 Å². The first-order chi connectivity index (χ1) is 15.7. The highest BCUT2D eigenvalue weighted by molar-refractivity contribution is 6.02. The zero-order valence-electron chi connectivity index (χ0n) is 18.1. The van der Waals surface area contributed by atoms with Crippen molar-refractivity contribution in [2.45, 2.75) is 0 Å². The van der Waals surface area contributed by atoms with Gasteiger partial charge in [-0.05, 0) is 47.2 Å². The Balaban J connectivity index is 1.36. The van der Waals surface area contributed by atoms with Gasteiger partial charge in [-0.1, -0.05) is 18.2 Å². The van der Waals surface area contributed by atoms with Crippen LogP contribution in [-0.4, -0.2) is 67.5 Å². The van der Waals surface area contributed by atoms with Gasteiger partial charge in [-0.25, -0.2) is 0 Å². The number of hydrogen-bond donors (Lipinski definition) is 2. The summed E-state index contributed by atoms with van der Waals surface area (Å²) in [6.07, 6.45) is 0. The van der Waals surface area contributed by atoms with Crippen molar-refractivity contribution < 1.29 is 14.3 Å². The Bertz CT molecular complexity index is 1260. The molecule has 0 spiro atoms. The molecule has 7 heteroatoms. The third kappa shape index (κ3) is 4.17. The molecule has 2 heterocycles. The highest BCUT2D eigenvalue weighted by atomic mass is 16.5. The number of aromatic amines is 1. The van der Waals surface area contributed by atoms with Crippen LogP contribution in [0.15, 0.2) is 54.6 Å². The number of carbonyl (C=O) groups is 1. The van der Waals surface area contributed by atoms with E-state index in [2.05, 4.69) is 32.5 Å². The van der Waals surface area contributed by atoms with E-state index in [1.807, 2.05) is 42.5 Å². The molecule has 1 amide bonds. The van der Waals surface area contributed by atoms with Gasteiger partial charge in [0.05, 0.1) is 31.5 Å². The third-order valence-corrected chi connectivity index (χ3v) is 5.96. The van der Waals surface area contributed by atoms with Crippen molar-refractivity contribution in [2.75, 3.05) is 46.5 Å². The number of H-pyrrole nitrogens is 1. The summed E-state index contributed by atoms with van der Waals surface area (Å²) in [5.41, 5.74) is 3.37. The normalized spacial score (nSPS) is 14.7. The number of aromatic nitrogens is 2. The van der Waals surface area contributed by atoms with Gasteiger partial charge in [-0.15, -0.1) is 0 Å². The fourth-order valence-electron chi connectivity index (χ4n) is 4.13. The lowest BCUT2D eigenvalue weighted by atomic mass is 10.0. The second-order valence-electron chi connectivity index (χ2n) is 7.97. The molecule has 1 saturated heterocycles. The average Bonchev–Trinajstić information content (AvgIpc) is 3.27. The number of fused-ring (bicyclic) bond motifs is 2. The van der Waals surface area contributed by atoms with Crippen molar-refractivity contribution in [3.05, 3.63) is 60.2 Å². The molecule has 32 heavy (non-hydrogen) atoms. The van der Waals surface area contributed by atoms with Crippen LogP contribution in [-0.2, 0) is 4.74 Å². The van der Waals surface area contributed by atoms with Crippen molar-refractivity contribution in [1.82, 2.24) is 20.4 Å². The molecule has 0 bridgehead atoms. The summed E-state index contributed by atoms with van der Waals surface area (Å²) in [5.74, 6) is 0.762. The molecule has 4 aromatic rings. The summed E-state index contributed by atoms with van der Waals surface area (Å²) in [6, 6.07) is 17.9. The minimum Gasteiger partial charge on any atom is -0.497 e. The topological polar surface area (TPSA) is 79.5 Å². The van der Waals surface area contributed by atoms with Gasteiger partial charge in [0.15, 0.2) is 0 Å². The summed E-state index contributed by atoms with van der Waals surface area (Å²) in [4.78, 5) is 15.0. The van der Waals surface area contributed by atoms with Crippen molar-refractivity contribution >= 4 is 27.6 Å². The molecule has 1 aromatic heterocycles. The molecule has 0 atom stereocenters. The molecule has 3 aromatic carbocycles. The molecule has 2 N–H and O–H groups in total. The van der Waals surface area contributed by atoms with Gasteiger partial charge in [0, 0.05) is 42.7 Å². The fourth-order valence-corrected chi connectivity index (χ4v) is 4.13. The predicted molar refractivity (Wildman–Crippen MR) is 125 cm³/mol. The van der Waals surface area contributed by atoms with Gasteiger partial charge in [-0.2, -0.15) is 5.10 Å². The van der Waals surface area contributed by atoms with Gasteiger partial charge in [-0.3, -0.25) is 14.8 Å². The largest absolute Gasteiger partial charge is 0.497 e. The standard InChI is InChI=1S/C25H26N4O3/c1-31-21-6-4-17-14-19(3-2-18(17)15-21)24-22-16-20(5-7-23(22)27-28-24)25(30)26-8-9-29-10-12-32-13-11-29/h2-7,14-16H,8-13H2,1H3,(H,26,30)(H,27,28). The number of nitrogens with one attached hydrogen (secondary N) is 2. The summed E-state index contributed by atoms with van der Waals surface area (Å²) >= 11 is 0. The molecule has 7 nitrogen and oxygen atoms in total. The smallest absolute Gasteiger partial charge is 0.251 e. The number of nitrogens with zero attached hydrogens (tertiary/aromatic N) is 2. The molecule has 5 rings (SSSR count). The van der Waals surface area contributed by atoms with Gasteiger partial charge in [0.25, 0.3) is 5.91 Å². The van der Waals surface area contributed by atoms with Crippen molar-refractivity contribution in [3.8, 4) is 17.0 Å². The molecule has 1 fully saturated rings. The molecule has 0 radical (unpaired) electrons. The maximum Gasteiger partial charge on any atom is 0.251 e. The Hall–Kier alpha value is -3.42. The van der Waals surface area contributed by atoms with E-state index in [-0.39, 0.29) is 5.91 Å². The fraction of sp³-hybridized carbons (Fsp3) is 0.280. The minimum absolute atomic E-state index is 0.0714. The van der Waals surface area contributed by atoms with E-state index in [4.69, 9.17) is 9.47 Å². The lowest BCUT2D eigenvalue weighted by Gasteiger charge is -2.26. The van der Waals surface area contributed by atoms with Crippen LogP contribution in [0.25, 0.3) is 32.9 Å². The molecule has 0 unspecified atom stereocenters. The quantitative estimate of drug-likeness (QED) is 0.490. The zero-order chi connectivity index (χ0) is 21.9. The monoisotopic (exact) mass is 430 g/mol. The number of benzene rings is 3. The summed E-state index contributed by atoms with van der Waals surface area (Å²) in [5, 5.41) is 13.8. The van der Waals surface area contributed by atoms with Gasteiger partial charge in [0.2, 0.25) is 0 Å². The van der Waals surface area contributed by atoms with Crippen LogP contribution in [0.5, 0.6) is 5.75 Å². The van der Waals surface area contributed by atoms with Gasteiger partial charge >= 0.3 is 0 Å². The first-order valence-electron chi connectivity index (χ1n) is 10.9. The molecule has 0 saturated carbocycles. The molecule has 0 aliphatic carbocycles. The van der Waals surface area contributed by atoms with Gasteiger partial charge < -0.3 is 14.8 Å². The number of rotatable bonds is 6. The van der Waals surface area contributed by atoms with E-state index in [1.165, 1.54) is 0 Å². The second kappa shape index (κ2) is 8.98. The van der Waals surface area contributed by atoms with E-state index >= 15 is 0 Å². The first-order valence-corrected chi connectivity index (χ1v) is 10.9. The van der Waals surface area contributed by atoms with Crippen LogP contribution < -0.4 is 10.1 Å². The Kier molecular flexibility index (Phi) is 5.75. The Morgan fingerprint density at radius 2 is 1.91 bits per heavy atom. The Morgan fingerprint density at radius 3 is 2.75 bits per heavy atom. The van der Waals surface area contributed by atoms with Crippen LogP contribution in [0, 0.1) is 0 Å². The first kappa shape index (κ1) is 20.5. The van der Waals surface area contributed by atoms with Crippen molar-refractivity contribution in [1.29, 1.82) is 0 Å². The summed E-state index contributed by atoms with van der Waals surface area (Å²) < 4.78 is 10.7. The predicted octanol–water partition coefficient (Wildman–Crippen LogP) is 3.45. The number of hydrogen-bond acceptors (Lipinski definition) is 5. The number of amides is 1. The maximum atomic E-state index is 12.7. The summed E-state index contributed by atoms with van der Waals surface area (Å²) in [6.45, 7) is 4.79. The molecule has 1 aliphatic heterocycles. The number of carbonyl (C=O) groups excluding carboxylic acids is 1. The summed E-state index contributed by atoms with van der Waals surface area (Å²) in [7, 11) is 1.67. The van der Waals surface area contributed by atoms with E-state index in [9.17, 15) is 4.79 Å². The Morgan fingerprint density at radius 1 is 1.09 bits per heavy atom. The van der Waals surface area contributed by atoms with E-state index in [0.29, 0.717) is 12.1 Å². The molecular weight excluding hydrogens is 404 g/mol. The van der Waals surface area contributed by atoms with Crippen LogP contribution in [0.1, 0.15) is 10.4 Å². The van der Waals surface area contributed by atoms with Crippen LogP contribution >= 0.6 is 0 Å². The van der Waals surface area contributed by atoms with E-state index in [1.54, 1.807) is 7.11 Å². The van der Waals surface area contributed by atoms with E-state index in [0.717, 1.165) is 71.5 Å². The molecule has 1 aliphatic rings. The maximum absolute atomic E-state index is 12.7. The lowest BCUT2D eigenvalue weighted by Crippen LogP contribution is -2.41. The minimum atomic E-state index is -0.0714. The lowest BCUT2D eigenvalue weighted by molar-refractivity contribution is 0.0383. The SMILES string of the molecule is COc1ccc2cc(-c3n[nH]c4ccc(C(=O)NCCN5CCOCC5)cc34)ccc2c1. The highest BCUT2D eigenvalue weighted by Gasteiger charge is 2.14. The molecular formula is C25H26N4O3. The number of methoxy groups -OCH3 is 1. The Labute approximate surface area is 186 Å².